The molecule has 0 atom stereocenters. The van der Waals surface area contributed by atoms with Crippen LogP contribution in [0.5, 0.6) is 0 Å². The van der Waals surface area contributed by atoms with Crippen LogP contribution in [0, 0.1) is 12.8 Å². The minimum absolute atomic E-state index is 0.185. The standard InChI is InChI=1S/C23H34N4O4S/c1-16-19-21(28)24-18(25-22(19)32-20(16)23(29)31-13-12-30-2)15-27-10-8-26(9-11-27)14-17-6-4-3-5-7-17/h17H,3-15H2,1-2H3,(H,24,25,28). The average molecular weight is 463 g/mol. The molecule has 0 unspecified atom stereocenters. The predicted octanol–water partition coefficient (Wildman–Crippen LogP) is 2.79. The van der Waals surface area contributed by atoms with Gasteiger partial charge >= 0.3 is 5.97 Å². The van der Waals surface area contributed by atoms with Gasteiger partial charge in [0.2, 0.25) is 0 Å². The van der Waals surface area contributed by atoms with Crippen LogP contribution in [0.4, 0.5) is 0 Å². The summed E-state index contributed by atoms with van der Waals surface area (Å²) in [5, 5.41) is 0.481. The molecule has 3 heterocycles. The van der Waals surface area contributed by atoms with Gasteiger partial charge in [0.1, 0.15) is 22.1 Å². The molecule has 32 heavy (non-hydrogen) atoms. The number of esters is 1. The molecule has 0 spiro atoms. The highest BCUT2D eigenvalue weighted by molar-refractivity contribution is 7.20. The van der Waals surface area contributed by atoms with Crippen LogP contribution in [0.2, 0.25) is 0 Å². The van der Waals surface area contributed by atoms with E-state index in [-0.39, 0.29) is 12.2 Å². The molecule has 0 radical (unpaired) electrons. The molecule has 0 aromatic carbocycles. The number of nitrogens with zero attached hydrogens (tertiary/aromatic N) is 3. The first-order valence-corrected chi connectivity index (χ1v) is 12.5. The fourth-order valence-electron chi connectivity index (χ4n) is 4.82. The van der Waals surface area contributed by atoms with Crippen molar-refractivity contribution < 1.29 is 14.3 Å². The van der Waals surface area contributed by atoms with E-state index in [1.165, 1.54) is 50.0 Å². The van der Waals surface area contributed by atoms with E-state index in [4.69, 9.17) is 9.47 Å². The second-order valence-corrected chi connectivity index (χ2v) is 9.96. The molecule has 2 aromatic rings. The monoisotopic (exact) mass is 462 g/mol. The van der Waals surface area contributed by atoms with Crippen molar-refractivity contribution in [2.75, 3.05) is 53.0 Å². The van der Waals surface area contributed by atoms with E-state index in [9.17, 15) is 9.59 Å². The first-order valence-electron chi connectivity index (χ1n) is 11.7. The predicted molar refractivity (Wildman–Crippen MR) is 125 cm³/mol. The highest BCUT2D eigenvalue weighted by Gasteiger charge is 2.23. The average Bonchev–Trinajstić information content (AvgIpc) is 3.13. The number of H-pyrrole nitrogens is 1. The number of rotatable bonds is 8. The fourth-order valence-corrected chi connectivity index (χ4v) is 5.91. The Morgan fingerprint density at radius 2 is 1.84 bits per heavy atom. The molecule has 1 aliphatic carbocycles. The number of fused-ring (bicyclic) bond motifs is 1. The lowest BCUT2D eigenvalue weighted by molar-refractivity contribution is 0.0393. The number of aryl methyl sites for hydroxylation is 1. The van der Waals surface area contributed by atoms with Crippen LogP contribution in [0.1, 0.15) is 53.2 Å². The van der Waals surface area contributed by atoms with Crippen LogP contribution >= 0.6 is 11.3 Å². The molecule has 176 valence electrons. The van der Waals surface area contributed by atoms with Crippen LogP contribution in [-0.2, 0) is 16.0 Å². The summed E-state index contributed by atoms with van der Waals surface area (Å²) >= 11 is 1.23. The quantitative estimate of drug-likeness (QED) is 0.477. The van der Waals surface area contributed by atoms with Gasteiger partial charge in [-0.05, 0) is 31.2 Å². The van der Waals surface area contributed by atoms with Gasteiger partial charge in [-0.2, -0.15) is 0 Å². The molecule has 1 aliphatic heterocycles. The first-order chi connectivity index (χ1) is 15.5. The van der Waals surface area contributed by atoms with Crippen molar-refractivity contribution >= 4 is 27.5 Å². The Labute approximate surface area is 192 Å². The molecule has 0 bridgehead atoms. The molecule has 9 heteroatoms. The maximum atomic E-state index is 12.7. The number of methoxy groups -OCH3 is 1. The third-order valence-corrected chi connectivity index (χ3v) is 7.80. The molecule has 1 N–H and O–H groups in total. The summed E-state index contributed by atoms with van der Waals surface area (Å²) in [7, 11) is 1.56. The molecule has 1 saturated heterocycles. The van der Waals surface area contributed by atoms with E-state index in [1.54, 1.807) is 14.0 Å². The summed E-state index contributed by atoms with van der Waals surface area (Å²) < 4.78 is 10.1. The largest absolute Gasteiger partial charge is 0.459 e. The number of carbonyl (C=O) groups excluding carboxylic acids is 1. The van der Waals surface area contributed by atoms with E-state index >= 15 is 0 Å². The smallest absolute Gasteiger partial charge is 0.348 e. The maximum absolute atomic E-state index is 12.7. The zero-order valence-electron chi connectivity index (χ0n) is 19.2. The molecule has 1 saturated carbocycles. The first kappa shape index (κ1) is 23.4. The highest BCUT2D eigenvalue weighted by atomic mass is 32.1. The van der Waals surface area contributed by atoms with E-state index in [0.29, 0.717) is 39.6 Å². The van der Waals surface area contributed by atoms with Crippen LogP contribution < -0.4 is 5.56 Å². The number of piperazine rings is 1. The van der Waals surface area contributed by atoms with Gasteiger partial charge in [-0.25, -0.2) is 9.78 Å². The minimum Gasteiger partial charge on any atom is -0.459 e. The van der Waals surface area contributed by atoms with Crippen molar-refractivity contribution in [3.63, 3.8) is 0 Å². The van der Waals surface area contributed by atoms with Crippen molar-refractivity contribution in [1.82, 2.24) is 19.8 Å². The maximum Gasteiger partial charge on any atom is 0.348 e. The SMILES string of the molecule is COCCOC(=O)c1sc2nc(CN3CCN(CC4CCCCC4)CC3)[nH]c(=O)c2c1C. The molecule has 8 nitrogen and oxygen atoms in total. The summed E-state index contributed by atoms with van der Waals surface area (Å²) in [6.45, 7) is 8.24. The van der Waals surface area contributed by atoms with Gasteiger partial charge < -0.3 is 19.4 Å². The molecule has 4 rings (SSSR count). The number of ether oxygens (including phenoxy) is 2. The van der Waals surface area contributed by atoms with Crippen molar-refractivity contribution in [2.24, 2.45) is 5.92 Å². The molecular formula is C23H34N4O4S. The summed E-state index contributed by atoms with van der Waals surface area (Å²) in [5.41, 5.74) is 0.440. The van der Waals surface area contributed by atoms with Gasteiger partial charge in [0.25, 0.3) is 5.56 Å². The number of carbonyl (C=O) groups is 1. The lowest BCUT2D eigenvalue weighted by Crippen LogP contribution is -2.47. The van der Waals surface area contributed by atoms with Crippen LogP contribution in [0.15, 0.2) is 4.79 Å². The third kappa shape index (κ3) is 5.57. The van der Waals surface area contributed by atoms with Gasteiger partial charge in [0.15, 0.2) is 0 Å². The molecular weight excluding hydrogens is 428 g/mol. The normalized spacial score (nSPS) is 18.9. The van der Waals surface area contributed by atoms with E-state index in [1.807, 2.05) is 0 Å². The van der Waals surface area contributed by atoms with Gasteiger partial charge in [0, 0.05) is 39.8 Å². The molecule has 0 amide bonds. The van der Waals surface area contributed by atoms with Crippen LogP contribution in [0.3, 0.4) is 0 Å². The van der Waals surface area contributed by atoms with Gasteiger partial charge in [-0.3, -0.25) is 9.69 Å². The summed E-state index contributed by atoms with van der Waals surface area (Å²) in [6.07, 6.45) is 6.95. The zero-order valence-corrected chi connectivity index (χ0v) is 20.0. The summed E-state index contributed by atoms with van der Waals surface area (Å²) in [6, 6.07) is 0. The fraction of sp³-hybridized carbons (Fsp3) is 0.696. The second-order valence-electron chi connectivity index (χ2n) is 8.96. The van der Waals surface area contributed by atoms with E-state index < -0.39 is 5.97 Å². The third-order valence-electron chi connectivity index (χ3n) is 6.64. The van der Waals surface area contributed by atoms with Gasteiger partial charge in [-0.1, -0.05) is 19.3 Å². The van der Waals surface area contributed by atoms with Crippen molar-refractivity contribution in [3.05, 3.63) is 26.6 Å². The molecule has 2 aliphatic rings. The van der Waals surface area contributed by atoms with Crippen LogP contribution in [-0.4, -0.2) is 78.8 Å². The van der Waals surface area contributed by atoms with Crippen molar-refractivity contribution in [2.45, 2.75) is 45.6 Å². The Hall–Kier alpha value is -1.81. The van der Waals surface area contributed by atoms with Gasteiger partial charge in [-0.15, -0.1) is 11.3 Å². The Bertz CT molecular complexity index is 974. The lowest BCUT2D eigenvalue weighted by atomic mass is 9.89. The van der Waals surface area contributed by atoms with E-state index in [2.05, 4.69) is 19.8 Å². The number of hydrogen-bond donors (Lipinski definition) is 1. The topological polar surface area (TPSA) is 87.8 Å². The number of nitrogens with one attached hydrogen (secondary N) is 1. The zero-order chi connectivity index (χ0) is 22.5. The van der Waals surface area contributed by atoms with Crippen LogP contribution in [0.25, 0.3) is 10.2 Å². The number of thiophene rings is 1. The Morgan fingerprint density at radius 1 is 1.12 bits per heavy atom. The Kier molecular flexibility index (Phi) is 7.93. The Morgan fingerprint density at radius 3 is 2.56 bits per heavy atom. The molecule has 2 fully saturated rings. The molecule has 2 aromatic heterocycles. The lowest BCUT2D eigenvalue weighted by Gasteiger charge is -2.37. The van der Waals surface area contributed by atoms with E-state index in [0.717, 1.165) is 32.1 Å². The summed E-state index contributed by atoms with van der Waals surface area (Å²) in [4.78, 5) is 38.7. The van der Waals surface area contributed by atoms with Crippen molar-refractivity contribution in [3.8, 4) is 0 Å². The summed E-state index contributed by atoms with van der Waals surface area (Å²) in [5.74, 6) is 1.09. The van der Waals surface area contributed by atoms with Crippen molar-refractivity contribution in [1.29, 1.82) is 0 Å². The highest BCUT2D eigenvalue weighted by Crippen LogP contribution is 2.28. The number of aromatic amines is 1. The number of aromatic nitrogens is 2. The van der Waals surface area contributed by atoms with Gasteiger partial charge in [0.05, 0.1) is 18.5 Å². The minimum atomic E-state index is -0.433. The number of hydrogen-bond acceptors (Lipinski definition) is 8. The second kappa shape index (κ2) is 10.9. The Balaban J connectivity index is 1.37.